The number of ketones is 2. The number of piperidine rings is 1. The van der Waals surface area contributed by atoms with Gasteiger partial charge in [0.2, 0.25) is 0 Å². The number of carbonyl (C=O) groups excluding carboxylic acids is 2. The maximum atomic E-state index is 12.7. The summed E-state index contributed by atoms with van der Waals surface area (Å²) in [4.78, 5) is 24.5. The summed E-state index contributed by atoms with van der Waals surface area (Å²) < 4.78 is 7.49. The minimum absolute atomic E-state index is 0.0261. The third-order valence-electron chi connectivity index (χ3n) is 5.99. The lowest BCUT2D eigenvalue weighted by Crippen LogP contribution is -2.46. The Hall–Kier alpha value is -2.59. The number of hydrogen-bond acceptors (Lipinski definition) is 7. The number of aromatic nitrogens is 4. The van der Waals surface area contributed by atoms with E-state index in [0.717, 1.165) is 38.0 Å². The highest BCUT2D eigenvalue weighted by Crippen LogP contribution is 2.36. The highest BCUT2D eigenvalue weighted by atomic mass is 16.5. The van der Waals surface area contributed by atoms with Gasteiger partial charge < -0.3 is 15.0 Å². The quantitative estimate of drug-likeness (QED) is 0.339. The highest BCUT2D eigenvalue weighted by molar-refractivity contribution is 6.47. The smallest absolute Gasteiger partial charge is 0.526 e. The molecular weight excluding hydrogens is 385 g/mol. The van der Waals surface area contributed by atoms with Gasteiger partial charge in [0.15, 0.2) is 11.0 Å². The summed E-state index contributed by atoms with van der Waals surface area (Å²) in [7, 11) is -1.12. The molecule has 0 spiro atoms. The van der Waals surface area contributed by atoms with E-state index in [1.54, 1.807) is 12.1 Å². The van der Waals surface area contributed by atoms with Gasteiger partial charge in [-0.25, -0.2) is 0 Å². The van der Waals surface area contributed by atoms with E-state index >= 15 is 0 Å². The first-order chi connectivity index (χ1) is 14.5. The molecule has 9 nitrogen and oxygen atoms in total. The van der Waals surface area contributed by atoms with Crippen LogP contribution in [0.25, 0.3) is 0 Å². The third-order valence-corrected chi connectivity index (χ3v) is 5.99. The molecule has 1 fully saturated rings. The maximum absolute atomic E-state index is 12.7. The molecule has 3 N–H and O–H groups in total. The van der Waals surface area contributed by atoms with Gasteiger partial charge in [0, 0.05) is 12.2 Å². The lowest BCUT2D eigenvalue weighted by atomic mass is 9.64. The molecule has 0 aliphatic carbocycles. The van der Waals surface area contributed by atoms with Crippen LogP contribution in [0, 0.1) is 5.92 Å². The molecule has 158 valence electrons. The van der Waals surface area contributed by atoms with Crippen molar-refractivity contribution in [3.05, 3.63) is 35.2 Å². The topological polar surface area (TPSA) is 121 Å². The highest BCUT2D eigenvalue weighted by Gasteiger charge is 2.38. The van der Waals surface area contributed by atoms with Crippen LogP contribution >= 0.6 is 0 Å². The number of hydrogen-bond donors (Lipinski definition) is 3. The van der Waals surface area contributed by atoms with Gasteiger partial charge in [-0.1, -0.05) is 17.3 Å². The fourth-order valence-electron chi connectivity index (χ4n) is 4.32. The molecule has 0 saturated carbocycles. The van der Waals surface area contributed by atoms with Crippen molar-refractivity contribution in [1.82, 2.24) is 20.8 Å². The lowest BCUT2D eigenvalue weighted by Gasteiger charge is -2.28. The second-order valence-corrected chi connectivity index (χ2v) is 8.26. The number of rotatable bonds is 7. The molecule has 3 heterocycles. The molecule has 0 unspecified atom stereocenters. The Morgan fingerprint density at radius 3 is 2.90 bits per heavy atom. The van der Waals surface area contributed by atoms with E-state index < -0.39 is 7.12 Å². The average molecular weight is 412 g/mol. The molecule has 1 aromatic heterocycles. The molecule has 30 heavy (non-hydrogen) atoms. The fraction of sp³-hybridized carbons (Fsp3) is 0.550. The number of fused-ring (bicyclic) bond motifs is 1. The largest absolute Gasteiger partial charge is 0.535 e. The number of para-hydroxylation sites is 1. The Morgan fingerprint density at radius 2 is 2.13 bits per heavy atom. The van der Waals surface area contributed by atoms with Crippen molar-refractivity contribution < 1.29 is 23.9 Å². The number of H-pyrrole nitrogens is 1. The van der Waals surface area contributed by atoms with E-state index in [-0.39, 0.29) is 30.2 Å². The molecule has 4 rings (SSSR count). The van der Waals surface area contributed by atoms with E-state index in [9.17, 15) is 14.6 Å². The zero-order valence-corrected chi connectivity index (χ0v) is 17.1. The van der Waals surface area contributed by atoms with Crippen LogP contribution in [0.4, 0.5) is 0 Å². The maximum Gasteiger partial charge on any atom is 0.526 e. The Kier molecular flexibility index (Phi) is 6.24. The molecule has 1 atom stereocenters. The Balaban J connectivity index is 1.39. The van der Waals surface area contributed by atoms with E-state index in [2.05, 4.69) is 20.8 Å². The lowest BCUT2D eigenvalue weighted by molar-refractivity contribution is -0.765. The van der Waals surface area contributed by atoms with Crippen LogP contribution in [0.2, 0.25) is 5.82 Å². The van der Waals surface area contributed by atoms with Crippen LogP contribution in [0.5, 0.6) is 5.75 Å². The fourth-order valence-corrected chi connectivity index (χ4v) is 4.32. The predicted octanol–water partition coefficient (Wildman–Crippen LogP) is 0.282. The van der Waals surface area contributed by atoms with Crippen molar-refractivity contribution in [3.63, 3.8) is 0 Å². The number of aromatic amines is 1. The molecule has 1 saturated heterocycles. The average Bonchev–Trinajstić information content (AvgIpc) is 3.15. The van der Waals surface area contributed by atoms with E-state index in [4.69, 9.17) is 4.65 Å². The first-order valence-electron chi connectivity index (χ1n) is 10.5. The Morgan fingerprint density at radius 1 is 1.33 bits per heavy atom. The monoisotopic (exact) mass is 412 g/mol. The van der Waals surface area contributed by atoms with Gasteiger partial charge in [0.1, 0.15) is 23.1 Å². The number of carbonyl (C=O) groups is 2. The molecule has 2 aliphatic rings. The summed E-state index contributed by atoms with van der Waals surface area (Å²) in [5.41, 5.74) is 1.30. The number of benzene rings is 1. The van der Waals surface area contributed by atoms with Crippen molar-refractivity contribution in [2.24, 2.45) is 5.92 Å². The molecule has 0 bridgehead atoms. The van der Waals surface area contributed by atoms with Crippen LogP contribution in [-0.4, -0.2) is 52.3 Å². The number of nitrogens with zero attached hydrogens (tertiary/aromatic N) is 3. The SMILES string of the molecule is CC(=O)c1cccc2c1OB(O)[C@@H](CC(=O)Cc1nn[nH][n+]1CC1CCNCC1)C2. The van der Waals surface area contributed by atoms with E-state index in [1.807, 2.05) is 10.7 Å². The zero-order valence-electron chi connectivity index (χ0n) is 17.1. The minimum atomic E-state index is -1.12. The summed E-state index contributed by atoms with van der Waals surface area (Å²) in [6.07, 6.45) is 2.99. The van der Waals surface area contributed by atoms with Gasteiger partial charge in [-0.15, -0.1) is 0 Å². The molecule has 10 heteroatoms. The van der Waals surface area contributed by atoms with Crippen molar-refractivity contribution >= 4 is 18.7 Å². The van der Waals surface area contributed by atoms with Gasteiger partial charge in [0.05, 0.1) is 12.1 Å². The number of Topliss-reactive ketones (excluding diaryl/α,β-unsaturated/α-hetero) is 2. The van der Waals surface area contributed by atoms with Gasteiger partial charge >= 0.3 is 12.9 Å². The number of nitrogens with one attached hydrogen (secondary N) is 2. The van der Waals surface area contributed by atoms with Crippen molar-refractivity contribution in [1.29, 1.82) is 0 Å². The van der Waals surface area contributed by atoms with Gasteiger partial charge in [0.25, 0.3) is 0 Å². The van der Waals surface area contributed by atoms with Gasteiger partial charge in [-0.3, -0.25) is 9.59 Å². The second-order valence-electron chi connectivity index (χ2n) is 8.26. The summed E-state index contributed by atoms with van der Waals surface area (Å²) in [6.45, 7) is 4.26. The summed E-state index contributed by atoms with van der Waals surface area (Å²) in [5, 5.41) is 24.6. The summed E-state index contributed by atoms with van der Waals surface area (Å²) in [5.74, 6) is 1.08. The molecule has 2 aromatic rings. The van der Waals surface area contributed by atoms with Crippen LogP contribution in [0.3, 0.4) is 0 Å². The van der Waals surface area contributed by atoms with Crippen molar-refractivity contribution in [2.75, 3.05) is 13.1 Å². The van der Waals surface area contributed by atoms with E-state index in [0.29, 0.717) is 29.5 Å². The normalized spacial score (nSPS) is 19.3. The third kappa shape index (κ3) is 4.60. The predicted molar refractivity (Wildman–Crippen MR) is 108 cm³/mol. The van der Waals surface area contributed by atoms with Crippen molar-refractivity contribution in [2.45, 2.75) is 51.4 Å². The first-order valence-corrected chi connectivity index (χ1v) is 10.5. The number of tetrazole rings is 1. The van der Waals surface area contributed by atoms with E-state index in [1.165, 1.54) is 6.92 Å². The standard InChI is InChI=1S/C20H26BN5O4/c1-13(27)18-4-2-3-15-9-16(21(29)30-20(15)18)10-17(28)11-19-23-24-25-26(19)12-14-5-7-22-8-6-14/h2-4,14,16,22,29H,5-12H2,1H3/p+1/t16-/m1/s1. The Bertz CT molecular complexity index is 928. The molecular formula is C20H27BN5O4+. The van der Waals surface area contributed by atoms with Crippen LogP contribution in [0.1, 0.15) is 47.9 Å². The minimum Gasteiger partial charge on any atom is -0.535 e. The summed E-state index contributed by atoms with van der Waals surface area (Å²) in [6, 6.07) is 5.36. The molecule has 0 amide bonds. The zero-order chi connectivity index (χ0) is 21.1. The first kappa shape index (κ1) is 20.7. The van der Waals surface area contributed by atoms with Crippen LogP contribution in [-0.2, 0) is 24.2 Å². The van der Waals surface area contributed by atoms with Crippen LogP contribution in [0.15, 0.2) is 18.2 Å². The summed E-state index contributed by atoms with van der Waals surface area (Å²) >= 11 is 0. The molecule has 2 aliphatic heterocycles. The van der Waals surface area contributed by atoms with Gasteiger partial charge in [-0.05, 0) is 56.8 Å². The Labute approximate surface area is 175 Å². The van der Waals surface area contributed by atoms with Crippen LogP contribution < -0.4 is 14.7 Å². The molecule has 1 aromatic carbocycles. The second kappa shape index (κ2) is 9.05. The molecule has 0 radical (unpaired) electrons. The van der Waals surface area contributed by atoms with Gasteiger partial charge in [-0.2, -0.15) is 4.68 Å². The van der Waals surface area contributed by atoms with Crippen molar-refractivity contribution in [3.8, 4) is 5.75 Å².